The molecule has 0 aromatic rings. The van der Waals surface area contributed by atoms with Crippen LogP contribution in [0.2, 0.25) is 0 Å². The van der Waals surface area contributed by atoms with Crippen LogP contribution >= 0.6 is 0 Å². The first-order valence-electron chi connectivity index (χ1n) is 6.02. The molecule has 0 saturated carbocycles. The zero-order valence-electron chi connectivity index (χ0n) is 10.8. The van der Waals surface area contributed by atoms with Gasteiger partial charge in [-0.3, -0.25) is 25.2 Å². The van der Waals surface area contributed by atoms with Gasteiger partial charge in [-0.25, -0.2) is 0 Å². The van der Waals surface area contributed by atoms with Crippen LogP contribution in [0.25, 0.3) is 0 Å². The molecule has 0 atom stereocenters. The third-order valence-electron chi connectivity index (χ3n) is 2.71. The quantitative estimate of drug-likeness (QED) is 0.386. The van der Waals surface area contributed by atoms with E-state index in [2.05, 4.69) is 16.2 Å². The van der Waals surface area contributed by atoms with Gasteiger partial charge in [-0.15, -0.1) is 0 Å². The van der Waals surface area contributed by atoms with Crippen LogP contribution < -0.4 is 16.2 Å². The highest BCUT2D eigenvalue weighted by molar-refractivity contribution is 6.05. The molecular formula is C11H20N4O3. The fourth-order valence-electron chi connectivity index (χ4n) is 1.67. The van der Waals surface area contributed by atoms with E-state index in [-0.39, 0.29) is 30.6 Å². The summed E-state index contributed by atoms with van der Waals surface area (Å²) in [6.45, 7) is 1.52. The molecule has 7 heteroatoms. The zero-order valence-corrected chi connectivity index (χ0v) is 10.8. The maximum Gasteiger partial charge on any atom is 0.251 e. The molecule has 1 fully saturated rings. The Bertz CT molecular complexity index is 314. The van der Waals surface area contributed by atoms with Crippen molar-refractivity contribution in [1.82, 2.24) is 21.1 Å². The van der Waals surface area contributed by atoms with E-state index in [9.17, 15) is 14.4 Å². The Morgan fingerprint density at radius 3 is 2.44 bits per heavy atom. The van der Waals surface area contributed by atoms with Crippen LogP contribution in [0.3, 0.4) is 0 Å². The van der Waals surface area contributed by atoms with E-state index in [1.165, 1.54) is 0 Å². The normalized spacial score (nSPS) is 15.7. The molecular weight excluding hydrogens is 236 g/mol. The minimum absolute atomic E-state index is 0.124. The molecule has 1 saturated heterocycles. The summed E-state index contributed by atoms with van der Waals surface area (Å²) in [6, 6.07) is 0. The van der Waals surface area contributed by atoms with Gasteiger partial charge in [-0.2, -0.15) is 0 Å². The molecule has 3 N–H and O–H groups in total. The van der Waals surface area contributed by atoms with Gasteiger partial charge in [0, 0.05) is 13.0 Å². The highest BCUT2D eigenvalue weighted by atomic mass is 16.2. The molecule has 0 spiro atoms. The Morgan fingerprint density at radius 2 is 1.89 bits per heavy atom. The van der Waals surface area contributed by atoms with Crippen molar-refractivity contribution in [3.8, 4) is 0 Å². The van der Waals surface area contributed by atoms with Gasteiger partial charge in [0.05, 0.1) is 0 Å². The third kappa shape index (κ3) is 4.70. The number of rotatable bonds is 7. The van der Waals surface area contributed by atoms with E-state index in [4.69, 9.17) is 0 Å². The van der Waals surface area contributed by atoms with Gasteiger partial charge in [0.15, 0.2) is 0 Å². The van der Waals surface area contributed by atoms with E-state index in [1.807, 2.05) is 19.0 Å². The van der Waals surface area contributed by atoms with Crippen molar-refractivity contribution in [3.63, 3.8) is 0 Å². The van der Waals surface area contributed by atoms with E-state index >= 15 is 0 Å². The van der Waals surface area contributed by atoms with Crippen LogP contribution in [-0.4, -0.2) is 49.8 Å². The predicted molar refractivity (Wildman–Crippen MR) is 65.2 cm³/mol. The van der Waals surface area contributed by atoms with Crippen LogP contribution in [0, 0.1) is 5.92 Å². The smallest absolute Gasteiger partial charge is 0.251 e. The molecule has 0 aliphatic carbocycles. The molecule has 18 heavy (non-hydrogen) atoms. The minimum Gasteiger partial charge on any atom is -0.356 e. The van der Waals surface area contributed by atoms with Crippen molar-refractivity contribution < 1.29 is 14.4 Å². The Hall–Kier alpha value is -1.63. The number of nitrogens with zero attached hydrogens (tertiary/aromatic N) is 1. The molecule has 0 aromatic carbocycles. The predicted octanol–water partition coefficient (Wildman–Crippen LogP) is -1.39. The first-order chi connectivity index (χ1) is 8.50. The van der Waals surface area contributed by atoms with E-state index < -0.39 is 5.92 Å². The van der Waals surface area contributed by atoms with Crippen LogP contribution in [0.15, 0.2) is 0 Å². The van der Waals surface area contributed by atoms with Gasteiger partial charge >= 0.3 is 0 Å². The van der Waals surface area contributed by atoms with Crippen molar-refractivity contribution in [3.05, 3.63) is 0 Å². The molecule has 3 amide bonds. The Morgan fingerprint density at radius 1 is 1.28 bits per heavy atom. The lowest BCUT2D eigenvalue weighted by Crippen LogP contribution is -2.28. The number of hydrogen-bond acceptors (Lipinski definition) is 4. The van der Waals surface area contributed by atoms with Gasteiger partial charge in [-0.05, 0) is 33.5 Å². The standard InChI is InChI=1S/C11H20N4O3/c1-15(2)7-3-6-12-9(16)5-4-8-10(17)13-14-11(8)18/h8H,3-7H2,1-2H3,(H,12,16)(H,13,17)(H,14,18). The summed E-state index contributed by atoms with van der Waals surface area (Å²) in [5.74, 6) is -1.58. The number of carbonyl (C=O) groups is 3. The fraction of sp³-hybridized carbons (Fsp3) is 0.727. The molecule has 102 valence electrons. The van der Waals surface area contributed by atoms with Crippen LogP contribution in [0.5, 0.6) is 0 Å². The lowest BCUT2D eigenvalue weighted by molar-refractivity contribution is -0.128. The number of hydrogen-bond donors (Lipinski definition) is 3. The van der Waals surface area contributed by atoms with Gasteiger partial charge < -0.3 is 10.2 Å². The molecule has 1 aliphatic rings. The maximum absolute atomic E-state index is 11.5. The summed E-state index contributed by atoms with van der Waals surface area (Å²) in [4.78, 5) is 35.9. The summed E-state index contributed by atoms with van der Waals surface area (Å²) in [5, 5.41) is 2.76. The molecule has 1 aliphatic heterocycles. The number of hydrazine groups is 1. The average Bonchev–Trinajstić information content (AvgIpc) is 2.62. The van der Waals surface area contributed by atoms with Crippen molar-refractivity contribution in [2.75, 3.05) is 27.2 Å². The van der Waals surface area contributed by atoms with Gasteiger partial charge in [0.1, 0.15) is 5.92 Å². The van der Waals surface area contributed by atoms with Crippen molar-refractivity contribution in [1.29, 1.82) is 0 Å². The Labute approximate surface area is 106 Å². The maximum atomic E-state index is 11.5. The Kier molecular flexibility index (Phi) is 5.57. The van der Waals surface area contributed by atoms with Crippen molar-refractivity contribution >= 4 is 17.7 Å². The topological polar surface area (TPSA) is 90.5 Å². The summed E-state index contributed by atoms with van der Waals surface area (Å²) >= 11 is 0. The van der Waals surface area contributed by atoms with Crippen molar-refractivity contribution in [2.24, 2.45) is 5.92 Å². The zero-order chi connectivity index (χ0) is 13.5. The Balaban J connectivity index is 2.13. The summed E-state index contributed by atoms with van der Waals surface area (Å²) < 4.78 is 0. The number of amides is 3. The summed E-state index contributed by atoms with van der Waals surface area (Å²) in [7, 11) is 3.94. The van der Waals surface area contributed by atoms with Gasteiger partial charge in [0.2, 0.25) is 5.91 Å². The monoisotopic (exact) mass is 256 g/mol. The summed E-state index contributed by atoms with van der Waals surface area (Å²) in [6.07, 6.45) is 1.31. The second-order valence-corrected chi connectivity index (χ2v) is 4.58. The van der Waals surface area contributed by atoms with E-state index in [1.54, 1.807) is 0 Å². The highest BCUT2D eigenvalue weighted by Crippen LogP contribution is 2.10. The van der Waals surface area contributed by atoms with Gasteiger partial charge in [-0.1, -0.05) is 0 Å². The van der Waals surface area contributed by atoms with Crippen molar-refractivity contribution in [2.45, 2.75) is 19.3 Å². The molecule has 1 heterocycles. The molecule has 1 rings (SSSR count). The molecule has 0 bridgehead atoms. The second-order valence-electron chi connectivity index (χ2n) is 4.58. The van der Waals surface area contributed by atoms with Crippen LogP contribution in [-0.2, 0) is 14.4 Å². The first kappa shape index (κ1) is 14.4. The minimum atomic E-state index is -0.738. The number of carbonyl (C=O) groups excluding carboxylic acids is 3. The second kappa shape index (κ2) is 6.95. The SMILES string of the molecule is CN(C)CCCNC(=O)CCC1C(=O)NNC1=O. The van der Waals surface area contributed by atoms with Gasteiger partial charge in [0.25, 0.3) is 11.8 Å². The van der Waals surface area contributed by atoms with E-state index in [0.717, 1.165) is 13.0 Å². The fourth-order valence-corrected chi connectivity index (χ4v) is 1.67. The van der Waals surface area contributed by atoms with Crippen LogP contribution in [0.4, 0.5) is 0 Å². The highest BCUT2D eigenvalue weighted by Gasteiger charge is 2.32. The number of nitrogens with one attached hydrogen (secondary N) is 3. The third-order valence-corrected chi connectivity index (χ3v) is 2.71. The molecule has 0 radical (unpaired) electrons. The molecule has 7 nitrogen and oxygen atoms in total. The largest absolute Gasteiger partial charge is 0.356 e. The first-order valence-corrected chi connectivity index (χ1v) is 6.02. The lowest BCUT2D eigenvalue weighted by Gasteiger charge is -2.10. The van der Waals surface area contributed by atoms with E-state index in [0.29, 0.717) is 6.54 Å². The molecule has 0 aromatic heterocycles. The average molecular weight is 256 g/mol. The van der Waals surface area contributed by atoms with Crippen LogP contribution in [0.1, 0.15) is 19.3 Å². The summed E-state index contributed by atoms with van der Waals surface area (Å²) in [5.41, 5.74) is 4.46. The lowest BCUT2D eigenvalue weighted by atomic mass is 10.0. The molecule has 0 unspecified atom stereocenters.